The molecule has 3 aromatic carbocycles. The average Bonchev–Trinajstić information content (AvgIpc) is 2.69. The van der Waals surface area contributed by atoms with E-state index in [1.54, 1.807) is 48.5 Å². The fourth-order valence-corrected chi connectivity index (χ4v) is 2.94. The predicted molar refractivity (Wildman–Crippen MR) is 109 cm³/mol. The molecule has 5 heteroatoms. The first-order chi connectivity index (χ1) is 13.5. The number of hydrogen-bond acceptors (Lipinski definition) is 4. The maximum atomic E-state index is 12.6. The number of fused-ring (bicyclic) bond motifs is 1. The SMILES string of the molecule is Cc1ccc(C(=O)Oc2ccc3oc(-c4ccc(Cl)cc4)cc(=O)c3c2)cc1. The Morgan fingerprint density at radius 2 is 1.64 bits per heavy atom. The summed E-state index contributed by atoms with van der Waals surface area (Å²) in [6.45, 7) is 1.94. The maximum Gasteiger partial charge on any atom is 0.343 e. The fourth-order valence-electron chi connectivity index (χ4n) is 2.81. The Balaban J connectivity index is 1.66. The van der Waals surface area contributed by atoms with Gasteiger partial charge in [-0.25, -0.2) is 4.79 Å². The summed E-state index contributed by atoms with van der Waals surface area (Å²) < 4.78 is 11.2. The summed E-state index contributed by atoms with van der Waals surface area (Å²) in [7, 11) is 0. The standard InChI is InChI=1S/C23H15ClO4/c1-14-2-4-16(5-3-14)23(26)27-18-10-11-21-19(12-18)20(25)13-22(28-21)15-6-8-17(24)9-7-15/h2-13H,1H3. The van der Waals surface area contributed by atoms with Gasteiger partial charge in [0.1, 0.15) is 17.1 Å². The Bertz CT molecular complexity index is 1220. The molecule has 0 radical (unpaired) electrons. The van der Waals surface area contributed by atoms with Crippen LogP contribution in [0.1, 0.15) is 15.9 Å². The van der Waals surface area contributed by atoms with Gasteiger partial charge in [-0.15, -0.1) is 0 Å². The van der Waals surface area contributed by atoms with Gasteiger partial charge in [0.05, 0.1) is 10.9 Å². The molecule has 0 amide bonds. The van der Waals surface area contributed by atoms with Gasteiger partial charge >= 0.3 is 5.97 Å². The highest BCUT2D eigenvalue weighted by molar-refractivity contribution is 6.30. The monoisotopic (exact) mass is 390 g/mol. The molecule has 0 saturated heterocycles. The van der Waals surface area contributed by atoms with E-state index in [9.17, 15) is 9.59 Å². The van der Waals surface area contributed by atoms with E-state index in [1.807, 2.05) is 19.1 Å². The number of halogens is 1. The van der Waals surface area contributed by atoms with Crippen LogP contribution in [0.5, 0.6) is 5.75 Å². The van der Waals surface area contributed by atoms with Gasteiger partial charge in [-0.1, -0.05) is 29.3 Å². The number of aryl methyl sites for hydroxylation is 1. The smallest absolute Gasteiger partial charge is 0.343 e. The predicted octanol–water partition coefficient (Wildman–Crippen LogP) is 5.64. The normalized spacial score (nSPS) is 10.8. The van der Waals surface area contributed by atoms with Gasteiger partial charge in [-0.3, -0.25) is 4.79 Å². The lowest BCUT2D eigenvalue weighted by Gasteiger charge is -2.07. The highest BCUT2D eigenvalue weighted by Gasteiger charge is 2.12. The van der Waals surface area contributed by atoms with E-state index in [-0.39, 0.29) is 11.2 Å². The molecule has 0 aliphatic rings. The second kappa shape index (κ2) is 7.33. The van der Waals surface area contributed by atoms with Gasteiger partial charge in [0, 0.05) is 16.7 Å². The first-order valence-electron chi connectivity index (χ1n) is 8.62. The molecule has 0 bridgehead atoms. The van der Waals surface area contributed by atoms with Crippen molar-refractivity contribution in [3.63, 3.8) is 0 Å². The molecule has 0 aliphatic carbocycles. The van der Waals surface area contributed by atoms with Crippen molar-refractivity contribution in [1.82, 2.24) is 0 Å². The van der Waals surface area contributed by atoms with Gasteiger partial charge in [0.15, 0.2) is 5.43 Å². The lowest BCUT2D eigenvalue weighted by Crippen LogP contribution is -2.09. The summed E-state index contributed by atoms with van der Waals surface area (Å²) in [5.74, 6) is 0.240. The molecule has 4 aromatic rings. The molecule has 1 aromatic heterocycles. The van der Waals surface area contributed by atoms with E-state index in [0.717, 1.165) is 11.1 Å². The zero-order valence-corrected chi connectivity index (χ0v) is 15.7. The number of carbonyl (C=O) groups excluding carboxylic acids is 1. The van der Waals surface area contributed by atoms with Gasteiger partial charge < -0.3 is 9.15 Å². The molecule has 0 unspecified atom stereocenters. The van der Waals surface area contributed by atoms with Crippen LogP contribution in [-0.2, 0) is 0 Å². The average molecular weight is 391 g/mol. The van der Waals surface area contributed by atoms with Crippen LogP contribution in [0.2, 0.25) is 5.02 Å². The third kappa shape index (κ3) is 3.68. The van der Waals surface area contributed by atoms with Crippen molar-refractivity contribution in [3.8, 4) is 17.1 Å². The quantitative estimate of drug-likeness (QED) is 0.335. The molecule has 4 rings (SSSR count). The number of esters is 1. The largest absolute Gasteiger partial charge is 0.456 e. The van der Waals surface area contributed by atoms with Crippen molar-refractivity contribution in [2.75, 3.05) is 0 Å². The molecule has 0 aliphatic heterocycles. The Morgan fingerprint density at radius 1 is 0.929 bits per heavy atom. The minimum absolute atomic E-state index is 0.223. The molecule has 1 heterocycles. The van der Waals surface area contributed by atoms with Crippen molar-refractivity contribution in [2.24, 2.45) is 0 Å². The number of carbonyl (C=O) groups is 1. The van der Waals surface area contributed by atoms with E-state index in [0.29, 0.717) is 27.3 Å². The third-order valence-electron chi connectivity index (χ3n) is 4.33. The molecule has 0 spiro atoms. The Labute approximate surface area is 166 Å². The number of benzene rings is 3. The van der Waals surface area contributed by atoms with Gasteiger partial charge in [0.25, 0.3) is 0 Å². The number of ether oxygens (including phenoxy) is 1. The second-order valence-corrected chi connectivity index (χ2v) is 6.83. The van der Waals surface area contributed by atoms with Gasteiger partial charge in [-0.05, 0) is 61.5 Å². The van der Waals surface area contributed by atoms with Crippen LogP contribution in [0.4, 0.5) is 0 Å². The third-order valence-corrected chi connectivity index (χ3v) is 4.58. The molecular weight excluding hydrogens is 376 g/mol. The van der Waals surface area contributed by atoms with Crippen LogP contribution in [0.25, 0.3) is 22.3 Å². The molecule has 0 N–H and O–H groups in total. The summed E-state index contributed by atoms with van der Waals surface area (Å²) in [6, 6.07) is 20.2. The second-order valence-electron chi connectivity index (χ2n) is 6.40. The Kier molecular flexibility index (Phi) is 4.72. The van der Waals surface area contributed by atoms with Gasteiger partial charge in [-0.2, -0.15) is 0 Å². The van der Waals surface area contributed by atoms with E-state index in [4.69, 9.17) is 20.8 Å². The van der Waals surface area contributed by atoms with Crippen molar-refractivity contribution >= 4 is 28.5 Å². The van der Waals surface area contributed by atoms with Crippen LogP contribution in [-0.4, -0.2) is 5.97 Å². The fraction of sp³-hybridized carbons (Fsp3) is 0.0435. The topological polar surface area (TPSA) is 56.5 Å². The molecule has 28 heavy (non-hydrogen) atoms. The van der Waals surface area contributed by atoms with Gasteiger partial charge in [0.2, 0.25) is 0 Å². The zero-order valence-electron chi connectivity index (χ0n) is 14.9. The molecule has 0 fully saturated rings. The first kappa shape index (κ1) is 18.0. The van der Waals surface area contributed by atoms with Crippen LogP contribution < -0.4 is 10.2 Å². The summed E-state index contributed by atoms with van der Waals surface area (Å²) in [5.41, 5.74) is 2.43. The number of rotatable bonds is 3. The van der Waals surface area contributed by atoms with Crippen molar-refractivity contribution in [2.45, 2.75) is 6.92 Å². The van der Waals surface area contributed by atoms with Crippen molar-refractivity contribution in [3.05, 3.63) is 99.2 Å². The summed E-state index contributed by atoms with van der Waals surface area (Å²) in [5, 5.41) is 0.943. The molecular formula is C23H15ClO4. The lowest BCUT2D eigenvalue weighted by molar-refractivity contribution is 0.0735. The van der Waals surface area contributed by atoms with E-state index in [1.165, 1.54) is 12.1 Å². The minimum atomic E-state index is -0.485. The highest BCUT2D eigenvalue weighted by atomic mass is 35.5. The lowest BCUT2D eigenvalue weighted by atomic mass is 10.1. The van der Waals surface area contributed by atoms with Crippen LogP contribution in [0, 0.1) is 6.92 Å². The van der Waals surface area contributed by atoms with Crippen LogP contribution >= 0.6 is 11.6 Å². The molecule has 0 saturated carbocycles. The molecule has 0 atom stereocenters. The maximum absolute atomic E-state index is 12.6. The highest BCUT2D eigenvalue weighted by Crippen LogP contribution is 2.26. The number of hydrogen-bond donors (Lipinski definition) is 0. The minimum Gasteiger partial charge on any atom is -0.456 e. The van der Waals surface area contributed by atoms with Crippen molar-refractivity contribution in [1.29, 1.82) is 0 Å². The summed E-state index contributed by atoms with van der Waals surface area (Å²) in [4.78, 5) is 24.8. The summed E-state index contributed by atoms with van der Waals surface area (Å²) >= 11 is 5.90. The molecule has 138 valence electrons. The summed E-state index contributed by atoms with van der Waals surface area (Å²) in [6.07, 6.45) is 0. The Hall–Kier alpha value is -3.37. The van der Waals surface area contributed by atoms with Crippen molar-refractivity contribution < 1.29 is 13.9 Å². The van der Waals surface area contributed by atoms with E-state index in [2.05, 4.69) is 0 Å². The van der Waals surface area contributed by atoms with Crippen LogP contribution in [0.15, 0.2) is 82.0 Å². The van der Waals surface area contributed by atoms with E-state index < -0.39 is 5.97 Å². The van der Waals surface area contributed by atoms with E-state index >= 15 is 0 Å². The van der Waals surface area contributed by atoms with Crippen LogP contribution in [0.3, 0.4) is 0 Å². The Morgan fingerprint density at radius 3 is 2.36 bits per heavy atom. The first-order valence-corrected chi connectivity index (χ1v) is 9.00. The molecule has 4 nitrogen and oxygen atoms in total. The zero-order chi connectivity index (χ0) is 19.7.